The van der Waals surface area contributed by atoms with Crippen LogP contribution in [0.5, 0.6) is 11.5 Å². The molecule has 1 unspecified atom stereocenters. The number of nitrogens with zero attached hydrogens (tertiary/aromatic N) is 2. The minimum atomic E-state index is -0.783. The largest absolute Gasteiger partial charge is 0.507 e. The highest BCUT2D eigenvalue weighted by Gasteiger charge is 2.46. The van der Waals surface area contributed by atoms with Crippen molar-refractivity contribution in [2.24, 2.45) is 0 Å². The van der Waals surface area contributed by atoms with Gasteiger partial charge in [-0.3, -0.25) is 9.59 Å². The van der Waals surface area contributed by atoms with Crippen molar-refractivity contribution in [2.45, 2.75) is 26.3 Å². The second-order valence-corrected chi connectivity index (χ2v) is 8.95. The minimum absolute atomic E-state index is 0.00337. The number of amides is 1. The standard InChI is InChI=1S/C26H31ClN2O5/c1-6-12-34-18-9-7-8-17(15-18)22-21(24(31)26(32)29(22)11-10-28(3)4)23(30)19-13-16(2)14-20(27)25(19)33-5/h7-9,13-15,22,30H,6,10-12H2,1-5H3/b23-21+. The molecule has 0 bridgehead atoms. The van der Waals surface area contributed by atoms with Crippen LogP contribution in [-0.4, -0.2) is 67.5 Å². The van der Waals surface area contributed by atoms with Crippen molar-refractivity contribution in [1.29, 1.82) is 0 Å². The van der Waals surface area contributed by atoms with Crippen LogP contribution in [0.3, 0.4) is 0 Å². The summed E-state index contributed by atoms with van der Waals surface area (Å²) in [5.41, 5.74) is 1.71. The molecule has 1 atom stereocenters. The first-order chi connectivity index (χ1) is 16.2. The fraction of sp³-hybridized carbons (Fsp3) is 0.385. The molecule has 0 aromatic heterocycles. The van der Waals surface area contributed by atoms with Crippen LogP contribution in [0.25, 0.3) is 5.76 Å². The Labute approximate surface area is 205 Å². The number of hydrogen-bond acceptors (Lipinski definition) is 6. The summed E-state index contributed by atoms with van der Waals surface area (Å²) >= 11 is 6.34. The number of hydrogen-bond donors (Lipinski definition) is 1. The Balaban J connectivity index is 2.22. The summed E-state index contributed by atoms with van der Waals surface area (Å²) in [6.45, 7) is 5.24. The van der Waals surface area contributed by atoms with E-state index in [1.165, 1.54) is 12.0 Å². The van der Waals surface area contributed by atoms with Gasteiger partial charge in [-0.15, -0.1) is 0 Å². The highest BCUT2D eigenvalue weighted by atomic mass is 35.5. The maximum Gasteiger partial charge on any atom is 0.295 e. The van der Waals surface area contributed by atoms with Gasteiger partial charge in [-0.05, 0) is 62.8 Å². The third-order valence-corrected chi connectivity index (χ3v) is 5.90. The quantitative estimate of drug-likeness (QED) is 0.321. The van der Waals surface area contributed by atoms with E-state index < -0.39 is 17.7 Å². The first kappa shape index (κ1) is 25.6. The number of methoxy groups -OCH3 is 1. The van der Waals surface area contributed by atoms with E-state index in [9.17, 15) is 14.7 Å². The number of carbonyl (C=O) groups is 2. The van der Waals surface area contributed by atoms with Gasteiger partial charge in [0.05, 0.1) is 35.9 Å². The molecule has 2 aromatic rings. The van der Waals surface area contributed by atoms with E-state index in [0.29, 0.717) is 36.0 Å². The fourth-order valence-corrected chi connectivity index (χ4v) is 4.37. The predicted molar refractivity (Wildman–Crippen MR) is 133 cm³/mol. The molecule has 7 nitrogen and oxygen atoms in total. The van der Waals surface area contributed by atoms with Crippen molar-refractivity contribution in [3.63, 3.8) is 0 Å². The van der Waals surface area contributed by atoms with Gasteiger partial charge in [0, 0.05) is 13.1 Å². The second kappa shape index (κ2) is 10.9. The normalized spacial score (nSPS) is 17.5. The Morgan fingerprint density at radius 2 is 1.94 bits per heavy atom. The number of ketones is 1. The van der Waals surface area contributed by atoms with Gasteiger partial charge in [0.1, 0.15) is 17.3 Å². The molecule has 0 radical (unpaired) electrons. The molecule has 1 amide bonds. The van der Waals surface area contributed by atoms with E-state index in [-0.39, 0.29) is 22.6 Å². The second-order valence-electron chi connectivity index (χ2n) is 8.54. The zero-order valence-electron chi connectivity index (χ0n) is 20.2. The molecular formula is C26H31ClN2O5. The van der Waals surface area contributed by atoms with Gasteiger partial charge < -0.3 is 24.4 Å². The van der Waals surface area contributed by atoms with Crippen LogP contribution < -0.4 is 9.47 Å². The topological polar surface area (TPSA) is 79.3 Å². The fourth-order valence-electron chi connectivity index (χ4n) is 4.02. The van der Waals surface area contributed by atoms with Gasteiger partial charge in [0.2, 0.25) is 0 Å². The Bertz CT molecular complexity index is 1110. The van der Waals surface area contributed by atoms with Gasteiger partial charge in [-0.2, -0.15) is 0 Å². The average Bonchev–Trinajstić information content (AvgIpc) is 3.05. The van der Waals surface area contributed by atoms with E-state index in [1.807, 2.05) is 57.1 Å². The van der Waals surface area contributed by atoms with Gasteiger partial charge in [-0.25, -0.2) is 0 Å². The zero-order chi connectivity index (χ0) is 25.0. The van der Waals surface area contributed by atoms with Crippen LogP contribution in [-0.2, 0) is 9.59 Å². The third kappa shape index (κ3) is 5.21. The number of ether oxygens (including phenoxy) is 2. The molecule has 1 aliphatic heterocycles. The smallest absolute Gasteiger partial charge is 0.295 e. The average molecular weight is 487 g/mol. The summed E-state index contributed by atoms with van der Waals surface area (Å²) in [5, 5.41) is 11.7. The van der Waals surface area contributed by atoms with Crippen molar-refractivity contribution in [1.82, 2.24) is 9.80 Å². The number of aliphatic hydroxyl groups is 1. The maximum atomic E-state index is 13.3. The molecule has 1 aliphatic rings. The summed E-state index contributed by atoms with van der Waals surface area (Å²) in [5.74, 6) is -0.860. The molecule has 8 heteroatoms. The summed E-state index contributed by atoms with van der Waals surface area (Å²) in [7, 11) is 5.23. The SMILES string of the molecule is CCCOc1cccc(C2/C(=C(\O)c3cc(C)cc(Cl)c3OC)C(=O)C(=O)N2CCN(C)C)c1. The number of halogens is 1. The molecule has 0 saturated carbocycles. The number of aliphatic hydroxyl groups excluding tert-OH is 1. The first-order valence-corrected chi connectivity index (χ1v) is 11.6. The molecule has 1 heterocycles. The molecule has 0 aliphatic carbocycles. The molecule has 1 fully saturated rings. The van der Waals surface area contributed by atoms with Crippen LogP contribution in [0.1, 0.15) is 36.1 Å². The number of carbonyl (C=O) groups excluding carboxylic acids is 2. The van der Waals surface area contributed by atoms with Crippen molar-refractivity contribution >= 4 is 29.1 Å². The number of likely N-dealkylation sites (tertiary alicyclic amines) is 1. The molecule has 3 rings (SSSR count). The number of likely N-dealkylation sites (N-methyl/N-ethyl adjacent to an activating group) is 1. The Morgan fingerprint density at radius 1 is 1.21 bits per heavy atom. The van der Waals surface area contributed by atoms with Crippen LogP contribution in [0, 0.1) is 6.92 Å². The number of benzene rings is 2. The van der Waals surface area contributed by atoms with Gasteiger partial charge in [-0.1, -0.05) is 30.7 Å². The lowest BCUT2D eigenvalue weighted by Gasteiger charge is -2.27. The zero-order valence-corrected chi connectivity index (χ0v) is 21.0. The van der Waals surface area contributed by atoms with E-state index in [2.05, 4.69) is 0 Å². The van der Waals surface area contributed by atoms with Crippen molar-refractivity contribution in [2.75, 3.05) is 40.9 Å². The number of Topliss-reactive ketones (excluding diaryl/α,β-unsaturated/α-hetero) is 1. The van der Waals surface area contributed by atoms with Crippen molar-refractivity contribution in [3.05, 3.63) is 63.7 Å². The number of aryl methyl sites for hydroxylation is 1. The molecule has 1 saturated heterocycles. The highest BCUT2D eigenvalue weighted by molar-refractivity contribution is 6.46. The lowest BCUT2D eigenvalue weighted by molar-refractivity contribution is -0.140. The minimum Gasteiger partial charge on any atom is -0.507 e. The Morgan fingerprint density at radius 3 is 2.59 bits per heavy atom. The lowest BCUT2D eigenvalue weighted by atomic mass is 9.94. The van der Waals surface area contributed by atoms with Gasteiger partial charge >= 0.3 is 0 Å². The van der Waals surface area contributed by atoms with Crippen molar-refractivity contribution < 1.29 is 24.2 Å². The first-order valence-electron chi connectivity index (χ1n) is 11.2. The molecule has 34 heavy (non-hydrogen) atoms. The predicted octanol–water partition coefficient (Wildman–Crippen LogP) is 4.43. The molecular weight excluding hydrogens is 456 g/mol. The highest BCUT2D eigenvalue weighted by Crippen LogP contribution is 2.43. The number of rotatable bonds is 9. The van der Waals surface area contributed by atoms with E-state index in [1.54, 1.807) is 12.1 Å². The summed E-state index contributed by atoms with van der Waals surface area (Å²) in [6.07, 6.45) is 0.847. The van der Waals surface area contributed by atoms with E-state index in [4.69, 9.17) is 21.1 Å². The van der Waals surface area contributed by atoms with Crippen LogP contribution in [0.4, 0.5) is 0 Å². The summed E-state index contributed by atoms with van der Waals surface area (Å²) in [4.78, 5) is 29.8. The molecule has 0 spiro atoms. The molecule has 1 N–H and O–H groups in total. The Hall–Kier alpha value is -3.03. The lowest BCUT2D eigenvalue weighted by Crippen LogP contribution is -2.35. The van der Waals surface area contributed by atoms with Crippen LogP contribution >= 0.6 is 11.6 Å². The third-order valence-electron chi connectivity index (χ3n) is 5.62. The van der Waals surface area contributed by atoms with Crippen molar-refractivity contribution in [3.8, 4) is 11.5 Å². The molecule has 2 aromatic carbocycles. The van der Waals surface area contributed by atoms with Gasteiger partial charge in [0.25, 0.3) is 11.7 Å². The van der Waals surface area contributed by atoms with Crippen LogP contribution in [0.2, 0.25) is 5.02 Å². The summed E-state index contributed by atoms with van der Waals surface area (Å²) < 4.78 is 11.2. The van der Waals surface area contributed by atoms with E-state index >= 15 is 0 Å². The monoisotopic (exact) mass is 486 g/mol. The summed E-state index contributed by atoms with van der Waals surface area (Å²) in [6, 6.07) is 9.89. The van der Waals surface area contributed by atoms with Gasteiger partial charge in [0.15, 0.2) is 0 Å². The Kier molecular flexibility index (Phi) is 8.23. The molecule has 182 valence electrons. The van der Waals surface area contributed by atoms with Crippen LogP contribution in [0.15, 0.2) is 42.0 Å². The van der Waals surface area contributed by atoms with E-state index in [0.717, 1.165) is 12.0 Å². The maximum absolute atomic E-state index is 13.3.